The summed E-state index contributed by atoms with van der Waals surface area (Å²) in [5.74, 6) is -0.637. The van der Waals surface area contributed by atoms with Gasteiger partial charge in [0.1, 0.15) is 11.6 Å². The number of aliphatic imine (C=N–C) groups is 1. The molecule has 0 radical (unpaired) electrons. The van der Waals surface area contributed by atoms with Crippen molar-refractivity contribution < 1.29 is 17.2 Å². The molecule has 2 aromatic rings. The number of anilines is 1. The van der Waals surface area contributed by atoms with Gasteiger partial charge in [-0.1, -0.05) is 49.7 Å². The Bertz CT molecular complexity index is 1080. The highest BCUT2D eigenvalue weighted by Crippen LogP contribution is 2.37. The number of hydrogen-bond donors (Lipinski definition) is 0. The summed E-state index contributed by atoms with van der Waals surface area (Å²) in [4.78, 5) is 6.20. The average molecular weight is 552 g/mol. The second-order valence-corrected chi connectivity index (χ2v) is 11.5. The number of rotatable bonds is 3. The van der Waals surface area contributed by atoms with Crippen molar-refractivity contribution in [3.05, 3.63) is 62.5 Å². The van der Waals surface area contributed by atoms with Gasteiger partial charge in [-0.2, -0.15) is 0 Å². The lowest BCUT2D eigenvalue weighted by molar-refractivity contribution is 0.600. The van der Waals surface area contributed by atoms with Crippen LogP contribution in [-0.2, 0) is 15.6 Å². The fraction of sp³-hybridized carbons (Fsp3) is 0.278. The van der Waals surface area contributed by atoms with Gasteiger partial charge >= 0.3 is 0 Å². The molecular formula is C18H14Br2F2N2O2S2. The smallest absolute Gasteiger partial charge is 0.164 e. The van der Waals surface area contributed by atoms with E-state index in [1.165, 1.54) is 23.9 Å². The van der Waals surface area contributed by atoms with E-state index in [-0.39, 0.29) is 23.0 Å². The van der Waals surface area contributed by atoms with Crippen molar-refractivity contribution in [2.45, 2.75) is 17.8 Å². The summed E-state index contributed by atoms with van der Waals surface area (Å²) in [6.45, 7) is 0. The Morgan fingerprint density at radius 1 is 1.07 bits per heavy atom. The van der Waals surface area contributed by atoms with E-state index < -0.39 is 27.7 Å². The molecular weight excluding hydrogens is 538 g/mol. The largest absolute Gasteiger partial charge is 0.312 e. The molecule has 0 aromatic heterocycles. The molecule has 2 aliphatic rings. The van der Waals surface area contributed by atoms with Gasteiger partial charge in [0.15, 0.2) is 15.0 Å². The summed E-state index contributed by atoms with van der Waals surface area (Å²) in [7, 11) is -3.22. The van der Waals surface area contributed by atoms with Gasteiger partial charge in [0.05, 0.1) is 29.3 Å². The van der Waals surface area contributed by atoms with Crippen LogP contribution in [0.5, 0.6) is 0 Å². The monoisotopic (exact) mass is 550 g/mol. The van der Waals surface area contributed by atoms with Gasteiger partial charge in [-0.25, -0.2) is 17.2 Å². The number of nitrogens with zero attached hydrogens (tertiary/aromatic N) is 2. The summed E-state index contributed by atoms with van der Waals surface area (Å²) in [6.07, 6.45) is 0. The van der Waals surface area contributed by atoms with Crippen LogP contribution in [0.2, 0.25) is 0 Å². The van der Waals surface area contributed by atoms with Crippen molar-refractivity contribution in [1.29, 1.82) is 0 Å². The molecule has 148 valence electrons. The average Bonchev–Trinajstić information content (AvgIpc) is 3.06. The third-order valence-corrected chi connectivity index (χ3v) is 8.35. The van der Waals surface area contributed by atoms with Crippen molar-refractivity contribution in [2.24, 2.45) is 4.99 Å². The Morgan fingerprint density at radius 2 is 1.75 bits per heavy atom. The standard InChI is InChI=1S/C18H14Br2F2N2O2S2/c19-11-2-1-10(13(21)5-11)7-27-18-23-15-8-28(25,26)9-17(15)24(18)16-4-3-12(20)6-14(16)22/h1-6,15,17H,7-9H2/t15-,17+/m0/s1. The van der Waals surface area contributed by atoms with E-state index in [2.05, 4.69) is 36.9 Å². The predicted molar refractivity (Wildman–Crippen MR) is 116 cm³/mol. The molecule has 2 aliphatic heterocycles. The zero-order chi connectivity index (χ0) is 20.1. The molecule has 2 heterocycles. The highest BCUT2D eigenvalue weighted by molar-refractivity contribution is 9.10. The Kier molecular flexibility index (Phi) is 5.58. The molecule has 0 saturated carbocycles. The van der Waals surface area contributed by atoms with Crippen LogP contribution >= 0.6 is 43.6 Å². The van der Waals surface area contributed by atoms with Crippen molar-refractivity contribution in [1.82, 2.24) is 0 Å². The maximum Gasteiger partial charge on any atom is 0.164 e. The molecule has 0 aliphatic carbocycles. The Labute approximate surface area is 182 Å². The van der Waals surface area contributed by atoms with Crippen LogP contribution in [0, 0.1) is 11.6 Å². The third-order valence-electron chi connectivity index (χ3n) is 4.65. The first-order valence-electron chi connectivity index (χ1n) is 8.33. The maximum absolute atomic E-state index is 14.6. The van der Waals surface area contributed by atoms with E-state index in [0.29, 0.717) is 25.4 Å². The Morgan fingerprint density at radius 3 is 2.43 bits per heavy atom. The zero-order valence-corrected chi connectivity index (χ0v) is 19.1. The maximum atomic E-state index is 14.6. The number of hydrogen-bond acceptors (Lipinski definition) is 5. The molecule has 0 bridgehead atoms. The number of amidine groups is 1. The van der Waals surface area contributed by atoms with E-state index in [0.717, 1.165) is 0 Å². The molecule has 4 rings (SSSR count). The van der Waals surface area contributed by atoms with Crippen molar-refractivity contribution in [3.8, 4) is 0 Å². The van der Waals surface area contributed by atoms with Crippen LogP contribution in [0.3, 0.4) is 0 Å². The molecule has 4 nitrogen and oxygen atoms in total. The molecule has 2 atom stereocenters. The fourth-order valence-electron chi connectivity index (χ4n) is 3.37. The first kappa shape index (κ1) is 20.3. The summed E-state index contributed by atoms with van der Waals surface area (Å²) >= 11 is 7.74. The van der Waals surface area contributed by atoms with Crippen molar-refractivity contribution in [2.75, 3.05) is 16.4 Å². The topological polar surface area (TPSA) is 49.7 Å². The summed E-state index contributed by atoms with van der Waals surface area (Å²) in [5, 5.41) is 0.508. The van der Waals surface area contributed by atoms with E-state index in [1.54, 1.807) is 29.2 Å². The van der Waals surface area contributed by atoms with E-state index >= 15 is 0 Å². The number of sulfone groups is 1. The van der Waals surface area contributed by atoms with Gasteiger partial charge in [-0.3, -0.25) is 4.99 Å². The van der Waals surface area contributed by atoms with Gasteiger partial charge < -0.3 is 4.90 Å². The van der Waals surface area contributed by atoms with Gasteiger partial charge in [0.2, 0.25) is 0 Å². The molecule has 2 aromatic carbocycles. The van der Waals surface area contributed by atoms with Gasteiger partial charge in [-0.15, -0.1) is 0 Å². The molecule has 28 heavy (non-hydrogen) atoms. The summed E-state index contributed by atoms with van der Waals surface area (Å²) in [5.41, 5.74) is 0.770. The van der Waals surface area contributed by atoms with E-state index in [1.807, 2.05) is 0 Å². The lowest BCUT2D eigenvalue weighted by Gasteiger charge is -2.27. The molecule has 10 heteroatoms. The number of benzene rings is 2. The zero-order valence-electron chi connectivity index (χ0n) is 14.3. The fourth-order valence-corrected chi connectivity index (χ4v) is 6.98. The van der Waals surface area contributed by atoms with E-state index in [4.69, 9.17) is 0 Å². The lowest BCUT2D eigenvalue weighted by Crippen LogP contribution is -2.39. The molecule has 0 amide bonds. The first-order valence-corrected chi connectivity index (χ1v) is 12.7. The van der Waals surface area contributed by atoms with Crippen LogP contribution in [0.4, 0.5) is 14.5 Å². The molecule has 0 unspecified atom stereocenters. The summed E-state index contributed by atoms with van der Waals surface area (Å²) in [6, 6.07) is 8.57. The summed E-state index contributed by atoms with van der Waals surface area (Å²) < 4.78 is 54.2. The first-order chi connectivity index (χ1) is 13.2. The van der Waals surface area contributed by atoms with Gasteiger partial charge in [0.25, 0.3) is 0 Å². The van der Waals surface area contributed by atoms with Crippen LogP contribution in [0.25, 0.3) is 0 Å². The number of thioether (sulfide) groups is 1. The van der Waals surface area contributed by atoms with Crippen molar-refractivity contribution >= 4 is 64.3 Å². The van der Waals surface area contributed by atoms with Gasteiger partial charge in [0, 0.05) is 14.7 Å². The second-order valence-electron chi connectivity index (χ2n) is 6.61. The van der Waals surface area contributed by atoms with Crippen molar-refractivity contribution in [3.63, 3.8) is 0 Å². The predicted octanol–water partition coefficient (Wildman–Crippen LogP) is 4.76. The SMILES string of the molecule is O=S1(=O)C[C@@H]2N=C(SCc3ccc(Br)cc3F)N(c3ccc(Br)cc3F)[C@@H]2C1. The Balaban J connectivity index is 1.65. The minimum atomic E-state index is -3.22. The number of halogens is 4. The molecule has 0 spiro atoms. The number of fused-ring (bicyclic) bond motifs is 1. The van der Waals surface area contributed by atoms with E-state index in [9.17, 15) is 17.2 Å². The third kappa shape index (κ3) is 4.01. The second kappa shape index (κ2) is 7.70. The molecule has 1 fully saturated rings. The van der Waals surface area contributed by atoms with Crippen LogP contribution in [-0.4, -0.2) is 37.2 Å². The minimum Gasteiger partial charge on any atom is -0.312 e. The van der Waals surface area contributed by atoms with Gasteiger partial charge in [-0.05, 0) is 35.9 Å². The highest BCUT2D eigenvalue weighted by Gasteiger charge is 2.47. The highest BCUT2D eigenvalue weighted by atomic mass is 79.9. The Hall–Kier alpha value is -0.970. The normalized spacial score (nSPS) is 23.0. The molecule has 0 N–H and O–H groups in total. The quantitative estimate of drug-likeness (QED) is 0.551. The van der Waals surface area contributed by atoms with Crippen LogP contribution in [0.1, 0.15) is 5.56 Å². The minimum absolute atomic E-state index is 0.0526. The van der Waals surface area contributed by atoms with Crippen LogP contribution in [0.15, 0.2) is 50.3 Å². The van der Waals surface area contributed by atoms with Crippen LogP contribution < -0.4 is 4.90 Å². The lowest BCUT2D eigenvalue weighted by atomic mass is 10.1. The molecule has 1 saturated heterocycles.